The average molecular weight is 409 g/mol. The molecule has 10 heteroatoms. The van der Waals surface area contributed by atoms with Crippen molar-refractivity contribution in [3.8, 4) is 5.88 Å². The lowest BCUT2D eigenvalue weighted by atomic mass is 10.1. The number of ether oxygens (including phenoxy) is 1. The largest absolute Gasteiger partial charge is 0.406 e. The van der Waals surface area contributed by atoms with Gasteiger partial charge in [0.25, 0.3) is 0 Å². The smallest absolute Gasteiger partial charge is 0.333 e. The third kappa shape index (κ3) is 4.34. The zero-order valence-corrected chi connectivity index (χ0v) is 16.8. The molecule has 3 rings (SSSR count). The molecule has 1 aliphatic rings. The van der Waals surface area contributed by atoms with Crippen molar-refractivity contribution in [3.63, 3.8) is 0 Å². The lowest BCUT2D eigenvalue weighted by molar-refractivity contribution is -0.151. The molecule has 0 radical (unpaired) electrons. The summed E-state index contributed by atoms with van der Waals surface area (Å²) in [4.78, 5) is 31.5. The van der Waals surface area contributed by atoms with Gasteiger partial charge in [-0.15, -0.1) is 4.73 Å². The van der Waals surface area contributed by atoms with E-state index in [0.29, 0.717) is 35.0 Å². The van der Waals surface area contributed by atoms with Crippen LogP contribution in [0.5, 0.6) is 5.88 Å². The first-order valence-electron chi connectivity index (χ1n) is 8.84. The standard InChI is InChI=1S/C18H23N3O6S/c1-19-28(24,25)11-12-4-5-15-14(10-12)13(8-9-20(2)3)18-21(15)27-17(23)7-6-16(22)26-18/h4-5,10,19H,6-9,11H2,1-3H3. The summed E-state index contributed by atoms with van der Waals surface area (Å²) < 4.78 is 32.8. The highest BCUT2D eigenvalue weighted by atomic mass is 32.2. The second-order valence-electron chi connectivity index (χ2n) is 6.88. The van der Waals surface area contributed by atoms with E-state index in [-0.39, 0.29) is 24.5 Å². The minimum Gasteiger partial charge on any atom is -0.406 e. The first-order chi connectivity index (χ1) is 13.2. The number of nitrogens with one attached hydrogen (secondary N) is 1. The van der Waals surface area contributed by atoms with Gasteiger partial charge in [0.2, 0.25) is 15.9 Å². The lowest BCUT2D eigenvalue weighted by Gasteiger charge is -2.15. The summed E-state index contributed by atoms with van der Waals surface area (Å²) in [6.45, 7) is 0.663. The van der Waals surface area contributed by atoms with Gasteiger partial charge in [0, 0.05) is 17.5 Å². The molecule has 2 aromatic rings. The third-order valence-electron chi connectivity index (χ3n) is 4.46. The molecular weight excluding hydrogens is 386 g/mol. The van der Waals surface area contributed by atoms with Gasteiger partial charge in [-0.05, 0) is 45.3 Å². The Labute approximate surface area is 163 Å². The van der Waals surface area contributed by atoms with E-state index >= 15 is 0 Å². The van der Waals surface area contributed by atoms with Gasteiger partial charge >= 0.3 is 11.9 Å². The van der Waals surface area contributed by atoms with Crippen LogP contribution >= 0.6 is 0 Å². The van der Waals surface area contributed by atoms with Crippen LogP contribution in [-0.4, -0.2) is 57.7 Å². The molecule has 0 aliphatic carbocycles. The Balaban J connectivity index is 2.17. The maximum Gasteiger partial charge on any atom is 0.333 e. The zero-order valence-electron chi connectivity index (χ0n) is 16.0. The Morgan fingerprint density at radius 2 is 1.89 bits per heavy atom. The maximum absolute atomic E-state index is 12.1. The van der Waals surface area contributed by atoms with E-state index in [2.05, 4.69) is 4.72 Å². The van der Waals surface area contributed by atoms with Gasteiger partial charge in [0.1, 0.15) is 0 Å². The highest BCUT2D eigenvalue weighted by molar-refractivity contribution is 7.88. The van der Waals surface area contributed by atoms with Crippen LogP contribution in [0.15, 0.2) is 18.2 Å². The number of nitrogens with zero attached hydrogens (tertiary/aromatic N) is 2. The Morgan fingerprint density at radius 1 is 1.18 bits per heavy atom. The molecule has 1 aromatic carbocycles. The van der Waals surface area contributed by atoms with Crippen LogP contribution in [0.1, 0.15) is 24.0 Å². The Bertz CT molecular complexity index is 1030. The number of rotatable bonds is 6. The summed E-state index contributed by atoms with van der Waals surface area (Å²) >= 11 is 0. The number of carbonyl (C=O) groups is 2. The molecule has 0 bridgehead atoms. The highest BCUT2D eigenvalue weighted by Crippen LogP contribution is 2.34. The molecule has 0 saturated carbocycles. The van der Waals surface area contributed by atoms with Crippen LogP contribution in [0.4, 0.5) is 0 Å². The van der Waals surface area contributed by atoms with Crippen LogP contribution in [0.25, 0.3) is 10.9 Å². The van der Waals surface area contributed by atoms with Crippen molar-refractivity contribution >= 4 is 32.9 Å². The van der Waals surface area contributed by atoms with E-state index in [1.807, 2.05) is 19.0 Å². The normalized spacial score (nSPS) is 15.1. The third-order valence-corrected chi connectivity index (χ3v) is 5.80. The molecule has 1 aliphatic heterocycles. The summed E-state index contributed by atoms with van der Waals surface area (Å²) in [6, 6.07) is 5.05. The number of aromatic nitrogens is 1. The quantitative estimate of drug-likeness (QED) is 0.690. The second-order valence-corrected chi connectivity index (χ2v) is 8.81. The monoisotopic (exact) mass is 409 g/mol. The summed E-state index contributed by atoms with van der Waals surface area (Å²) in [7, 11) is 1.74. The van der Waals surface area contributed by atoms with Crippen LogP contribution in [0, 0.1) is 0 Å². The molecule has 0 unspecified atom stereocenters. The molecule has 152 valence electrons. The number of sulfonamides is 1. The van der Waals surface area contributed by atoms with Crippen molar-refractivity contribution < 1.29 is 27.6 Å². The number of hydrogen-bond acceptors (Lipinski definition) is 7. The SMILES string of the molecule is CNS(=O)(=O)Cc1ccc2c(c1)c(CCN(C)C)c1n2OC(=O)CCC(=O)O1. The first-order valence-corrected chi connectivity index (χ1v) is 10.5. The minimum atomic E-state index is -3.45. The number of benzene rings is 1. The van der Waals surface area contributed by atoms with Gasteiger partial charge in [-0.3, -0.25) is 4.79 Å². The van der Waals surface area contributed by atoms with Gasteiger partial charge in [-0.2, -0.15) is 0 Å². The number of hydrogen-bond donors (Lipinski definition) is 1. The molecule has 0 saturated heterocycles. The van der Waals surface area contributed by atoms with E-state index < -0.39 is 22.0 Å². The van der Waals surface area contributed by atoms with Crippen molar-refractivity contribution in [1.29, 1.82) is 0 Å². The molecule has 2 heterocycles. The lowest BCUT2D eigenvalue weighted by Crippen LogP contribution is -2.26. The van der Waals surface area contributed by atoms with Crippen LogP contribution in [-0.2, 0) is 31.8 Å². The number of likely N-dealkylation sites (N-methyl/N-ethyl adjacent to an activating group) is 1. The van der Waals surface area contributed by atoms with E-state index in [0.717, 1.165) is 0 Å². The zero-order chi connectivity index (χ0) is 20.5. The molecular formula is C18H23N3O6S. The number of carbonyl (C=O) groups excluding carboxylic acids is 2. The number of esters is 1. The Morgan fingerprint density at radius 3 is 2.57 bits per heavy atom. The fourth-order valence-electron chi connectivity index (χ4n) is 3.01. The Kier molecular flexibility index (Phi) is 5.73. The van der Waals surface area contributed by atoms with Crippen molar-refractivity contribution in [2.75, 3.05) is 27.7 Å². The van der Waals surface area contributed by atoms with Gasteiger partial charge in [-0.1, -0.05) is 6.07 Å². The molecule has 0 spiro atoms. The van der Waals surface area contributed by atoms with E-state index in [1.165, 1.54) is 11.8 Å². The van der Waals surface area contributed by atoms with Crippen LogP contribution < -0.4 is 14.3 Å². The molecule has 0 atom stereocenters. The van der Waals surface area contributed by atoms with Crippen molar-refractivity contribution in [3.05, 3.63) is 29.3 Å². The molecule has 1 aromatic heterocycles. The second kappa shape index (κ2) is 7.90. The Hall–Kier alpha value is -2.43. The number of fused-ring (bicyclic) bond motifs is 3. The molecule has 28 heavy (non-hydrogen) atoms. The highest BCUT2D eigenvalue weighted by Gasteiger charge is 2.27. The molecule has 1 N–H and O–H groups in total. The van der Waals surface area contributed by atoms with Crippen molar-refractivity contribution in [2.45, 2.75) is 25.0 Å². The van der Waals surface area contributed by atoms with Gasteiger partial charge < -0.3 is 14.5 Å². The molecule has 0 fully saturated rings. The first kappa shape index (κ1) is 20.3. The van der Waals surface area contributed by atoms with E-state index in [1.54, 1.807) is 18.2 Å². The molecule has 0 amide bonds. The molecule has 9 nitrogen and oxygen atoms in total. The maximum atomic E-state index is 12.1. The predicted octanol–water partition coefficient (Wildman–Crippen LogP) is 0.449. The van der Waals surface area contributed by atoms with Gasteiger partial charge in [-0.25, -0.2) is 17.9 Å². The van der Waals surface area contributed by atoms with Gasteiger partial charge in [0.05, 0.1) is 24.1 Å². The fourth-order valence-corrected chi connectivity index (χ4v) is 3.77. The topological polar surface area (TPSA) is 107 Å². The fraction of sp³-hybridized carbons (Fsp3) is 0.444. The predicted molar refractivity (Wildman–Crippen MR) is 102 cm³/mol. The summed E-state index contributed by atoms with van der Waals surface area (Å²) in [5.74, 6) is -1.06. The van der Waals surface area contributed by atoms with Crippen molar-refractivity contribution in [1.82, 2.24) is 14.4 Å². The van der Waals surface area contributed by atoms with Crippen LogP contribution in [0.2, 0.25) is 0 Å². The average Bonchev–Trinajstić information content (AvgIpc) is 2.88. The van der Waals surface area contributed by atoms with E-state index in [9.17, 15) is 18.0 Å². The minimum absolute atomic E-state index is 0.0564. The van der Waals surface area contributed by atoms with Crippen LogP contribution in [0.3, 0.4) is 0 Å². The van der Waals surface area contributed by atoms with Crippen molar-refractivity contribution in [2.24, 2.45) is 0 Å². The summed E-state index contributed by atoms with van der Waals surface area (Å²) in [5, 5.41) is 0.683. The van der Waals surface area contributed by atoms with E-state index in [4.69, 9.17) is 9.57 Å². The summed E-state index contributed by atoms with van der Waals surface area (Å²) in [6.07, 6.45) is 0.404. The summed E-state index contributed by atoms with van der Waals surface area (Å²) in [5.41, 5.74) is 1.80. The van der Waals surface area contributed by atoms with Gasteiger partial charge in [0.15, 0.2) is 0 Å².